The van der Waals surface area contributed by atoms with Crippen LogP contribution in [0.15, 0.2) is 0 Å². The maximum Gasteiger partial charge on any atom is 0.243 e. The van der Waals surface area contributed by atoms with Crippen molar-refractivity contribution >= 4 is 29.6 Å². The molecule has 0 aromatic carbocycles. The second-order valence-electron chi connectivity index (χ2n) is 4.15. The standard InChI is InChI=1S/C10H21N7S/c1-7(5-6-18-4)12-8-13-9(16-11)15-10(14-8)17(2)3/h7H,5-6,11H2,1-4H3,(H2,12,13,14,15,16). The molecule has 18 heavy (non-hydrogen) atoms. The van der Waals surface area contributed by atoms with Crippen LogP contribution in [0, 0.1) is 0 Å². The lowest BCUT2D eigenvalue weighted by Crippen LogP contribution is -2.22. The average Bonchev–Trinajstić information content (AvgIpc) is 2.35. The third-order valence-corrected chi connectivity index (χ3v) is 2.93. The van der Waals surface area contributed by atoms with Crippen LogP contribution in [0.1, 0.15) is 13.3 Å². The minimum absolute atomic E-state index is 0.306. The van der Waals surface area contributed by atoms with Gasteiger partial charge < -0.3 is 10.2 Å². The summed E-state index contributed by atoms with van der Waals surface area (Å²) in [6.07, 6.45) is 3.14. The van der Waals surface area contributed by atoms with E-state index in [1.807, 2.05) is 25.9 Å². The third-order valence-electron chi connectivity index (χ3n) is 2.28. The summed E-state index contributed by atoms with van der Waals surface area (Å²) in [5.41, 5.74) is 2.45. The van der Waals surface area contributed by atoms with Gasteiger partial charge in [0.2, 0.25) is 17.8 Å². The fraction of sp³-hybridized carbons (Fsp3) is 0.700. The molecule has 4 N–H and O–H groups in total. The second-order valence-corrected chi connectivity index (χ2v) is 5.13. The molecular formula is C10H21N7S. The van der Waals surface area contributed by atoms with Crippen LogP contribution in [0.2, 0.25) is 0 Å². The van der Waals surface area contributed by atoms with Crippen LogP contribution in [-0.4, -0.2) is 47.1 Å². The van der Waals surface area contributed by atoms with Gasteiger partial charge in [-0.2, -0.15) is 26.7 Å². The van der Waals surface area contributed by atoms with E-state index in [4.69, 9.17) is 5.84 Å². The molecule has 1 rings (SSSR count). The second kappa shape index (κ2) is 7.22. The highest BCUT2D eigenvalue weighted by Gasteiger charge is 2.09. The Morgan fingerprint density at radius 2 is 1.94 bits per heavy atom. The zero-order valence-electron chi connectivity index (χ0n) is 11.3. The molecular weight excluding hydrogens is 250 g/mol. The molecule has 0 aliphatic carbocycles. The zero-order valence-corrected chi connectivity index (χ0v) is 12.1. The van der Waals surface area contributed by atoms with Gasteiger partial charge in [0.15, 0.2) is 0 Å². The molecule has 1 aromatic rings. The van der Waals surface area contributed by atoms with Crippen molar-refractivity contribution < 1.29 is 0 Å². The normalized spacial score (nSPS) is 12.1. The lowest BCUT2D eigenvalue weighted by Gasteiger charge is -2.16. The van der Waals surface area contributed by atoms with Gasteiger partial charge in [-0.15, -0.1) is 0 Å². The number of nitrogens with zero attached hydrogens (tertiary/aromatic N) is 4. The van der Waals surface area contributed by atoms with Crippen molar-refractivity contribution in [2.45, 2.75) is 19.4 Å². The Bertz CT molecular complexity index is 371. The molecule has 1 atom stereocenters. The summed E-state index contributed by atoms with van der Waals surface area (Å²) >= 11 is 1.82. The summed E-state index contributed by atoms with van der Waals surface area (Å²) in [6.45, 7) is 2.10. The summed E-state index contributed by atoms with van der Waals surface area (Å²) in [5.74, 6) is 7.90. The first-order valence-corrected chi connectivity index (χ1v) is 7.11. The highest BCUT2D eigenvalue weighted by Crippen LogP contribution is 2.12. The van der Waals surface area contributed by atoms with Crippen molar-refractivity contribution in [2.75, 3.05) is 41.7 Å². The van der Waals surface area contributed by atoms with E-state index >= 15 is 0 Å². The average molecular weight is 271 g/mol. The molecule has 0 aliphatic rings. The number of nitrogen functional groups attached to an aromatic ring is 1. The third kappa shape index (κ3) is 4.53. The molecule has 8 heteroatoms. The van der Waals surface area contributed by atoms with Crippen molar-refractivity contribution in [2.24, 2.45) is 5.84 Å². The largest absolute Gasteiger partial charge is 0.352 e. The van der Waals surface area contributed by atoms with Gasteiger partial charge in [-0.05, 0) is 25.4 Å². The number of nitrogens with one attached hydrogen (secondary N) is 2. The minimum Gasteiger partial charge on any atom is -0.352 e. The molecule has 1 unspecified atom stereocenters. The highest BCUT2D eigenvalue weighted by molar-refractivity contribution is 7.98. The van der Waals surface area contributed by atoms with E-state index in [2.05, 4.69) is 38.9 Å². The van der Waals surface area contributed by atoms with Crippen LogP contribution in [-0.2, 0) is 0 Å². The molecule has 0 amide bonds. The number of thioether (sulfide) groups is 1. The number of hydrogen-bond acceptors (Lipinski definition) is 8. The molecule has 102 valence electrons. The Morgan fingerprint density at radius 3 is 2.50 bits per heavy atom. The molecule has 0 aliphatic heterocycles. The van der Waals surface area contributed by atoms with Crippen molar-refractivity contribution in [1.29, 1.82) is 0 Å². The molecule has 0 saturated heterocycles. The molecule has 1 heterocycles. The number of hydrogen-bond donors (Lipinski definition) is 3. The topological polar surface area (TPSA) is 92.0 Å². The van der Waals surface area contributed by atoms with Gasteiger partial charge in [0.1, 0.15) is 0 Å². The summed E-state index contributed by atoms with van der Waals surface area (Å²) < 4.78 is 0. The van der Waals surface area contributed by atoms with Crippen molar-refractivity contribution in [1.82, 2.24) is 15.0 Å². The SMILES string of the molecule is CSCCC(C)Nc1nc(NN)nc(N(C)C)n1. The number of anilines is 3. The van der Waals surface area contributed by atoms with Crippen molar-refractivity contribution in [3.05, 3.63) is 0 Å². The van der Waals surface area contributed by atoms with Crippen LogP contribution in [0.4, 0.5) is 17.8 Å². The fourth-order valence-corrected chi connectivity index (χ4v) is 1.87. The predicted octanol–water partition coefficient (Wildman–Crippen LogP) is 0.777. The van der Waals surface area contributed by atoms with E-state index in [0.29, 0.717) is 23.9 Å². The maximum atomic E-state index is 5.35. The van der Waals surface area contributed by atoms with Crippen LogP contribution >= 0.6 is 11.8 Å². The van der Waals surface area contributed by atoms with Gasteiger partial charge in [0.05, 0.1) is 0 Å². The van der Waals surface area contributed by atoms with Gasteiger partial charge in [0.25, 0.3) is 0 Å². The van der Waals surface area contributed by atoms with Gasteiger partial charge in [0, 0.05) is 20.1 Å². The van der Waals surface area contributed by atoms with E-state index in [-0.39, 0.29) is 0 Å². The Labute approximate surface area is 112 Å². The smallest absolute Gasteiger partial charge is 0.243 e. The van der Waals surface area contributed by atoms with Gasteiger partial charge in [-0.3, -0.25) is 5.43 Å². The Morgan fingerprint density at radius 1 is 1.28 bits per heavy atom. The van der Waals surface area contributed by atoms with E-state index in [9.17, 15) is 0 Å². The highest BCUT2D eigenvalue weighted by atomic mass is 32.2. The van der Waals surface area contributed by atoms with Gasteiger partial charge in [-0.1, -0.05) is 0 Å². The molecule has 0 fully saturated rings. The van der Waals surface area contributed by atoms with E-state index in [1.165, 1.54) is 0 Å². The Hall–Kier alpha value is -1.28. The Balaban J connectivity index is 2.77. The van der Waals surface area contributed by atoms with Crippen LogP contribution in [0.5, 0.6) is 0 Å². The lowest BCUT2D eigenvalue weighted by atomic mass is 10.3. The number of hydrazine groups is 1. The summed E-state index contributed by atoms with van der Waals surface area (Å²) in [4.78, 5) is 14.4. The van der Waals surface area contributed by atoms with Gasteiger partial charge >= 0.3 is 0 Å². The first-order valence-electron chi connectivity index (χ1n) is 5.72. The number of rotatable bonds is 7. The van der Waals surface area contributed by atoms with Crippen LogP contribution in [0.3, 0.4) is 0 Å². The minimum atomic E-state index is 0.306. The molecule has 7 nitrogen and oxygen atoms in total. The maximum absolute atomic E-state index is 5.35. The van der Waals surface area contributed by atoms with Gasteiger partial charge in [-0.25, -0.2) is 5.84 Å². The molecule has 0 spiro atoms. The van der Waals surface area contributed by atoms with E-state index in [0.717, 1.165) is 12.2 Å². The lowest BCUT2D eigenvalue weighted by molar-refractivity contribution is 0.757. The summed E-state index contributed by atoms with van der Waals surface area (Å²) in [6, 6.07) is 0.306. The molecule has 0 radical (unpaired) electrons. The molecule has 0 saturated carbocycles. The molecule has 1 aromatic heterocycles. The zero-order chi connectivity index (χ0) is 13.5. The Kier molecular flexibility index (Phi) is 5.93. The fourth-order valence-electron chi connectivity index (χ4n) is 1.28. The molecule has 0 bridgehead atoms. The van der Waals surface area contributed by atoms with Crippen LogP contribution in [0.25, 0.3) is 0 Å². The van der Waals surface area contributed by atoms with E-state index < -0.39 is 0 Å². The summed E-state index contributed by atoms with van der Waals surface area (Å²) in [5, 5.41) is 3.25. The first kappa shape index (κ1) is 14.8. The monoisotopic (exact) mass is 271 g/mol. The first-order chi connectivity index (χ1) is 8.56. The van der Waals surface area contributed by atoms with Crippen molar-refractivity contribution in [3.8, 4) is 0 Å². The quantitative estimate of drug-likeness (QED) is 0.495. The predicted molar refractivity (Wildman–Crippen MR) is 78.0 cm³/mol. The number of nitrogens with two attached hydrogens (primary N) is 1. The number of aromatic nitrogens is 3. The van der Waals surface area contributed by atoms with Crippen molar-refractivity contribution in [3.63, 3.8) is 0 Å². The van der Waals surface area contributed by atoms with E-state index in [1.54, 1.807) is 4.90 Å². The summed E-state index contributed by atoms with van der Waals surface area (Å²) in [7, 11) is 3.74. The van der Waals surface area contributed by atoms with Crippen LogP contribution < -0.4 is 21.5 Å².